The summed E-state index contributed by atoms with van der Waals surface area (Å²) in [5.74, 6) is 2.04. The number of hydrogen-bond acceptors (Lipinski definition) is 6. The summed E-state index contributed by atoms with van der Waals surface area (Å²) in [4.78, 5) is 32.6. The van der Waals surface area contributed by atoms with Crippen molar-refractivity contribution in [3.05, 3.63) is 47.5 Å². The fourth-order valence-corrected chi connectivity index (χ4v) is 5.91. The second-order valence-electron chi connectivity index (χ2n) is 11.9. The van der Waals surface area contributed by atoms with Gasteiger partial charge in [-0.15, -0.1) is 0 Å². The molecule has 0 unspecified atom stereocenters. The molecule has 9 heteroatoms. The molecule has 0 atom stereocenters. The maximum absolute atomic E-state index is 13.6. The summed E-state index contributed by atoms with van der Waals surface area (Å²) in [5.41, 5.74) is 2.61. The van der Waals surface area contributed by atoms with Crippen LogP contribution in [-0.4, -0.2) is 80.8 Å². The summed E-state index contributed by atoms with van der Waals surface area (Å²) >= 11 is 0. The van der Waals surface area contributed by atoms with E-state index < -0.39 is 0 Å². The highest BCUT2D eigenvalue weighted by Gasteiger charge is 2.28. The summed E-state index contributed by atoms with van der Waals surface area (Å²) in [6.45, 7) is 11.0. The molecule has 4 rings (SSSR count). The lowest BCUT2D eigenvalue weighted by Gasteiger charge is -2.36. The van der Waals surface area contributed by atoms with E-state index in [-0.39, 0.29) is 18.0 Å². The van der Waals surface area contributed by atoms with E-state index in [9.17, 15) is 9.59 Å². The molecule has 9 nitrogen and oxygen atoms in total. The first-order valence-electron chi connectivity index (χ1n) is 15.9. The van der Waals surface area contributed by atoms with E-state index in [4.69, 9.17) is 14.2 Å². The number of likely N-dealkylation sites (tertiary alicyclic amines) is 1. The first-order chi connectivity index (χ1) is 20.8. The van der Waals surface area contributed by atoms with Gasteiger partial charge in [-0.3, -0.25) is 9.69 Å². The van der Waals surface area contributed by atoms with Gasteiger partial charge < -0.3 is 29.3 Å². The summed E-state index contributed by atoms with van der Waals surface area (Å²) in [6.07, 6.45) is 6.33. The number of unbranched alkanes of at least 4 members (excludes halogenated alkanes) is 2. The van der Waals surface area contributed by atoms with Gasteiger partial charge >= 0.3 is 6.03 Å². The van der Waals surface area contributed by atoms with Crippen molar-refractivity contribution in [2.75, 3.05) is 51.9 Å². The second kappa shape index (κ2) is 15.8. The van der Waals surface area contributed by atoms with E-state index in [0.717, 1.165) is 68.4 Å². The van der Waals surface area contributed by atoms with Gasteiger partial charge in [0.15, 0.2) is 11.5 Å². The van der Waals surface area contributed by atoms with Crippen LogP contribution in [0.25, 0.3) is 0 Å². The number of rotatable bonds is 14. The molecule has 2 aromatic rings. The third kappa shape index (κ3) is 8.78. The number of ether oxygens (including phenoxy) is 3. The molecule has 1 N–H and O–H groups in total. The smallest absolute Gasteiger partial charge is 0.324 e. The zero-order valence-electron chi connectivity index (χ0n) is 26.7. The van der Waals surface area contributed by atoms with Gasteiger partial charge in [-0.1, -0.05) is 31.9 Å². The number of benzene rings is 2. The number of methoxy groups -OCH3 is 2. The highest BCUT2D eigenvalue weighted by molar-refractivity contribution is 5.93. The van der Waals surface area contributed by atoms with Crippen molar-refractivity contribution >= 4 is 17.6 Å². The Labute approximate surface area is 257 Å². The maximum Gasteiger partial charge on any atom is 0.324 e. The van der Waals surface area contributed by atoms with Gasteiger partial charge in [0.05, 0.1) is 33.8 Å². The minimum Gasteiger partial charge on any atom is -0.496 e. The van der Waals surface area contributed by atoms with Gasteiger partial charge in [-0.2, -0.15) is 0 Å². The molecule has 0 bridgehead atoms. The first-order valence-corrected chi connectivity index (χ1v) is 15.9. The molecule has 0 aliphatic carbocycles. The molecule has 0 spiro atoms. The van der Waals surface area contributed by atoms with Crippen molar-refractivity contribution in [2.45, 2.75) is 84.3 Å². The molecule has 2 heterocycles. The fraction of sp³-hybridized carbons (Fsp3) is 0.588. The number of piperidine rings is 1. The SMILES string of the molecule is CCCCCOc1cc(N2CCCN(Cc3ccc(CC(=O)NC4CCN(C(C)C)CC4)cc3OC)C2=O)ccc1OC. The summed E-state index contributed by atoms with van der Waals surface area (Å²) in [6, 6.07) is 12.3. The Bertz CT molecular complexity index is 1210. The van der Waals surface area contributed by atoms with Gasteiger partial charge in [0, 0.05) is 55.6 Å². The van der Waals surface area contributed by atoms with Crippen molar-refractivity contribution in [1.82, 2.24) is 15.1 Å². The topological polar surface area (TPSA) is 83.6 Å². The van der Waals surface area contributed by atoms with E-state index in [1.807, 2.05) is 41.3 Å². The molecule has 3 amide bonds. The predicted molar refractivity (Wildman–Crippen MR) is 170 cm³/mol. The number of nitrogens with zero attached hydrogens (tertiary/aromatic N) is 3. The van der Waals surface area contributed by atoms with Crippen molar-refractivity contribution in [2.24, 2.45) is 0 Å². The van der Waals surface area contributed by atoms with Gasteiger partial charge in [0.1, 0.15) is 5.75 Å². The molecule has 2 saturated heterocycles. The molecule has 0 aromatic heterocycles. The highest BCUT2D eigenvalue weighted by atomic mass is 16.5. The van der Waals surface area contributed by atoms with E-state index in [1.54, 1.807) is 19.1 Å². The zero-order chi connectivity index (χ0) is 30.8. The van der Waals surface area contributed by atoms with Crippen molar-refractivity contribution in [3.63, 3.8) is 0 Å². The number of amides is 3. The van der Waals surface area contributed by atoms with Crippen molar-refractivity contribution in [1.29, 1.82) is 0 Å². The number of nitrogens with one attached hydrogen (secondary N) is 1. The third-order valence-electron chi connectivity index (χ3n) is 8.48. The van der Waals surface area contributed by atoms with Crippen molar-refractivity contribution < 1.29 is 23.8 Å². The van der Waals surface area contributed by atoms with Crippen LogP contribution in [0.2, 0.25) is 0 Å². The lowest BCUT2D eigenvalue weighted by molar-refractivity contribution is -0.121. The van der Waals surface area contributed by atoms with E-state index >= 15 is 0 Å². The molecule has 236 valence electrons. The summed E-state index contributed by atoms with van der Waals surface area (Å²) < 4.78 is 17.2. The molecule has 43 heavy (non-hydrogen) atoms. The van der Waals surface area contributed by atoms with E-state index in [2.05, 4.69) is 31.0 Å². The van der Waals surface area contributed by atoms with Crippen LogP contribution < -0.4 is 24.4 Å². The number of carbonyl (C=O) groups is 2. The number of anilines is 1. The quantitative estimate of drug-likeness (QED) is 0.285. The largest absolute Gasteiger partial charge is 0.496 e. The van der Waals surface area contributed by atoms with Crippen LogP contribution in [0.4, 0.5) is 10.5 Å². The van der Waals surface area contributed by atoms with Crippen LogP contribution in [-0.2, 0) is 17.8 Å². The lowest BCUT2D eigenvalue weighted by atomic mass is 10.0. The van der Waals surface area contributed by atoms with Crippen LogP contribution >= 0.6 is 0 Å². The molecular weight excluding hydrogens is 544 g/mol. The standard InChI is InChI=1S/C34H50N4O5/c1-6-7-8-20-43-32-23-29(12-13-30(32)41-4)38-17-9-16-37(34(38)40)24-27-11-10-26(21-31(27)42-5)22-33(39)35-28-14-18-36(19-15-28)25(2)3/h10-13,21,23,25,28H,6-9,14-20,22,24H2,1-5H3,(H,35,39). The Morgan fingerprint density at radius 3 is 2.42 bits per heavy atom. The Kier molecular flexibility index (Phi) is 12.0. The van der Waals surface area contributed by atoms with Gasteiger partial charge in [-0.05, 0) is 63.3 Å². The third-order valence-corrected chi connectivity index (χ3v) is 8.48. The zero-order valence-corrected chi connectivity index (χ0v) is 26.7. The first kappa shape index (κ1) is 32.5. The van der Waals surface area contributed by atoms with Crippen LogP contribution in [0, 0.1) is 0 Å². The molecule has 0 radical (unpaired) electrons. The number of urea groups is 1. The maximum atomic E-state index is 13.6. The summed E-state index contributed by atoms with van der Waals surface area (Å²) in [5, 5.41) is 3.22. The van der Waals surface area contributed by atoms with Crippen LogP contribution in [0.1, 0.15) is 70.4 Å². The van der Waals surface area contributed by atoms with Crippen molar-refractivity contribution in [3.8, 4) is 17.2 Å². The monoisotopic (exact) mass is 594 g/mol. The lowest BCUT2D eigenvalue weighted by Crippen LogP contribution is -2.49. The molecule has 0 saturated carbocycles. The van der Waals surface area contributed by atoms with Gasteiger partial charge in [0.25, 0.3) is 0 Å². The molecule has 2 fully saturated rings. The number of hydrogen-bond donors (Lipinski definition) is 1. The van der Waals surface area contributed by atoms with E-state index in [0.29, 0.717) is 56.0 Å². The molecule has 2 aliphatic rings. The van der Waals surface area contributed by atoms with Crippen LogP contribution in [0.15, 0.2) is 36.4 Å². The predicted octanol–water partition coefficient (Wildman–Crippen LogP) is 5.64. The molecule has 2 aromatic carbocycles. The Balaban J connectivity index is 1.37. The summed E-state index contributed by atoms with van der Waals surface area (Å²) in [7, 11) is 3.26. The normalized spacial score (nSPS) is 16.5. The molecular formula is C34H50N4O5. The number of carbonyl (C=O) groups excluding carboxylic acids is 2. The van der Waals surface area contributed by atoms with E-state index in [1.165, 1.54) is 0 Å². The minimum absolute atomic E-state index is 0.0351. The molecule has 2 aliphatic heterocycles. The highest BCUT2D eigenvalue weighted by Crippen LogP contribution is 2.34. The average molecular weight is 595 g/mol. The van der Waals surface area contributed by atoms with Crippen LogP contribution in [0.5, 0.6) is 17.2 Å². The minimum atomic E-state index is -0.0534. The fourth-order valence-electron chi connectivity index (χ4n) is 5.91. The Hall–Kier alpha value is -3.46. The Morgan fingerprint density at radius 1 is 0.953 bits per heavy atom. The van der Waals surface area contributed by atoms with Gasteiger partial charge in [-0.25, -0.2) is 4.79 Å². The van der Waals surface area contributed by atoms with Crippen LogP contribution in [0.3, 0.4) is 0 Å². The average Bonchev–Trinajstić information content (AvgIpc) is 3.01. The second-order valence-corrected chi connectivity index (χ2v) is 11.9. The Morgan fingerprint density at radius 2 is 1.72 bits per heavy atom. The van der Waals surface area contributed by atoms with Gasteiger partial charge in [0.2, 0.25) is 5.91 Å².